The van der Waals surface area contributed by atoms with Crippen LogP contribution in [0.15, 0.2) is 109 Å². The lowest BCUT2D eigenvalue weighted by Crippen LogP contribution is -2.44. The molecule has 1 aliphatic heterocycles. The second-order valence-electron chi connectivity index (χ2n) is 11.8. The summed E-state index contributed by atoms with van der Waals surface area (Å²) in [5.74, 6) is 0. The van der Waals surface area contributed by atoms with Gasteiger partial charge in [-0.1, -0.05) is 77.4 Å². The second-order valence-corrected chi connectivity index (χ2v) is 11.8. The maximum absolute atomic E-state index is 4.69. The van der Waals surface area contributed by atoms with E-state index in [1.807, 2.05) is 12.4 Å². The van der Waals surface area contributed by atoms with Crippen LogP contribution in [0.3, 0.4) is 0 Å². The minimum absolute atomic E-state index is 0.487. The molecule has 2 aromatic heterocycles. The maximum atomic E-state index is 4.69. The Balaban J connectivity index is 1.16. The summed E-state index contributed by atoms with van der Waals surface area (Å²) >= 11 is 0. The van der Waals surface area contributed by atoms with Gasteiger partial charge in [0.25, 0.3) is 0 Å². The quantitative estimate of drug-likeness (QED) is 0.193. The smallest absolute Gasteiger partial charge is 0.0705 e. The van der Waals surface area contributed by atoms with Crippen molar-refractivity contribution in [1.29, 1.82) is 0 Å². The van der Waals surface area contributed by atoms with E-state index >= 15 is 0 Å². The number of anilines is 1. The summed E-state index contributed by atoms with van der Waals surface area (Å²) in [6.07, 6.45) is 6.19. The zero-order chi connectivity index (χ0) is 28.9. The van der Waals surface area contributed by atoms with E-state index in [1.54, 1.807) is 0 Å². The molecular formula is C38H40N4. The first kappa shape index (κ1) is 27.9. The van der Waals surface area contributed by atoms with Crippen molar-refractivity contribution < 1.29 is 0 Å². The third-order valence-electron chi connectivity index (χ3n) is 8.47. The lowest BCUT2D eigenvalue weighted by molar-refractivity contribution is 0.201. The summed E-state index contributed by atoms with van der Waals surface area (Å²) in [7, 11) is 0. The van der Waals surface area contributed by atoms with E-state index in [4.69, 9.17) is 4.98 Å². The fourth-order valence-corrected chi connectivity index (χ4v) is 5.92. The van der Waals surface area contributed by atoms with Gasteiger partial charge in [-0.2, -0.15) is 0 Å². The van der Waals surface area contributed by atoms with Gasteiger partial charge >= 0.3 is 0 Å². The highest BCUT2D eigenvalue weighted by molar-refractivity contribution is 5.61. The molecule has 0 atom stereocenters. The van der Waals surface area contributed by atoms with E-state index < -0.39 is 0 Å². The number of nitrogens with zero attached hydrogens (tertiary/aromatic N) is 4. The molecule has 0 N–H and O–H groups in total. The van der Waals surface area contributed by atoms with E-state index in [1.165, 1.54) is 44.6 Å². The molecule has 1 fully saturated rings. The Hall–Kier alpha value is -4.28. The van der Waals surface area contributed by atoms with Crippen LogP contribution in [0.2, 0.25) is 0 Å². The van der Waals surface area contributed by atoms with Crippen LogP contribution in [0.25, 0.3) is 22.5 Å². The number of benzene rings is 3. The summed E-state index contributed by atoms with van der Waals surface area (Å²) in [6, 6.07) is 35.7. The fourth-order valence-electron chi connectivity index (χ4n) is 5.92. The van der Waals surface area contributed by atoms with Gasteiger partial charge in [0, 0.05) is 61.4 Å². The summed E-state index contributed by atoms with van der Waals surface area (Å²) < 4.78 is 0. The average molecular weight is 553 g/mol. The first-order chi connectivity index (χ1) is 20.5. The third-order valence-corrected chi connectivity index (χ3v) is 8.47. The fraction of sp³-hybridized carbons (Fsp3) is 0.263. The van der Waals surface area contributed by atoms with Gasteiger partial charge in [-0.3, -0.25) is 14.9 Å². The average Bonchev–Trinajstić information content (AvgIpc) is 3.02. The number of piperidine rings is 1. The van der Waals surface area contributed by atoms with Gasteiger partial charge in [0.1, 0.15) is 0 Å². The van der Waals surface area contributed by atoms with Crippen molar-refractivity contribution in [3.05, 3.63) is 137 Å². The monoisotopic (exact) mass is 552 g/mol. The molecule has 0 spiro atoms. The SMILES string of the molecule is Cc1ccc(-c2cc(CN3CCC(N(Cc4ccnc(-c5ccc(C)cc5)c4)c4ccc(C)cc4)CC3)ccn2)cc1. The van der Waals surface area contributed by atoms with Gasteiger partial charge in [0.2, 0.25) is 0 Å². The number of aryl methyl sites for hydroxylation is 3. The van der Waals surface area contributed by atoms with E-state index in [0.717, 1.165) is 50.4 Å². The van der Waals surface area contributed by atoms with Crippen LogP contribution < -0.4 is 4.90 Å². The Labute approximate surface area is 250 Å². The van der Waals surface area contributed by atoms with E-state index in [0.29, 0.717) is 6.04 Å². The number of likely N-dealkylation sites (tertiary alicyclic amines) is 1. The molecule has 0 bridgehead atoms. The topological polar surface area (TPSA) is 32.3 Å². The molecule has 6 rings (SSSR count). The zero-order valence-electron chi connectivity index (χ0n) is 25.0. The number of hydrogen-bond donors (Lipinski definition) is 0. The highest BCUT2D eigenvalue weighted by Crippen LogP contribution is 2.28. The maximum Gasteiger partial charge on any atom is 0.0705 e. The zero-order valence-corrected chi connectivity index (χ0v) is 25.0. The highest BCUT2D eigenvalue weighted by Gasteiger charge is 2.25. The first-order valence-corrected chi connectivity index (χ1v) is 15.1. The largest absolute Gasteiger partial charge is 0.364 e. The van der Waals surface area contributed by atoms with E-state index in [9.17, 15) is 0 Å². The molecule has 0 amide bonds. The second kappa shape index (κ2) is 12.7. The number of pyridine rings is 2. The Kier molecular flexibility index (Phi) is 8.43. The van der Waals surface area contributed by atoms with Gasteiger partial charge in [-0.05, 0) is 81.1 Å². The van der Waals surface area contributed by atoms with Gasteiger partial charge in [0.05, 0.1) is 11.4 Å². The standard InChI is InChI=1S/C38H40N4/c1-28-4-10-33(11-5-28)37-24-31(16-20-39-37)26-41-22-18-36(19-23-41)42(35-14-8-30(3)9-15-35)27-32-17-21-40-38(25-32)34-12-6-29(2)7-13-34/h4-17,20-21,24-25,36H,18-19,22-23,26-27H2,1-3H3. The van der Waals surface area contributed by atoms with Crippen LogP contribution in [0.1, 0.15) is 40.7 Å². The molecule has 42 heavy (non-hydrogen) atoms. The van der Waals surface area contributed by atoms with Crippen LogP contribution in [-0.4, -0.2) is 34.0 Å². The van der Waals surface area contributed by atoms with Gasteiger partial charge in [-0.25, -0.2) is 0 Å². The van der Waals surface area contributed by atoms with Crippen LogP contribution in [0.4, 0.5) is 5.69 Å². The number of hydrogen-bond acceptors (Lipinski definition) is 4. The summed E-state index contributed by atoms with van der Waals surface area (Å²) in [4.78, 5) is 14.6. The summed E-state index contributed by atoms with van der Waals surface area (Å²) in [6.45, 7) is 10.4. The Morgan fingerprint density at radius 1 is 0.619 bits per heavy atom. The molecule has 0 radical (unpaired) electrons. The predicted octanol–water partition coefficient (Wildman–Crippen LogP) is 8.41. The summed E-state index contributed by atoms with van der Waals surface area (Å²) in [5.41, 5.74) is 12.2. The molecule has 0 unspecified atom stereocenters. The Morgan fingerprint density at radius 2 is 1.10 bits per heavy atom. The lowest BCUT2D eigenvalue weighted by Gasteiger charge is -2.40. The number of aromatic nitrogens is 2. The first-order valence-electron chi connectivity index (χ1n) is 15.1. The molecule has 3 heterocycles. The predicted molar refractivity (Wildman–Crippen MR) is 174 cm³/mol. The van der Waals surface area contributed by atoms with Crippen LogP contribution >= 0.6 is 0 Å². The Bertz CT molecular complexity index is 1600. The molecule has 4 heteroatoms. The molecule has 1 saturated heterocycles. The minimum atomic E-state index is 0.487. The van der Waals surface area contributed by atoms with Crippen LogP contribution in [0.5, 0.6) is 0 Å². The van der Waals surface area contributed by atoms with E-state index in [2.05, 4.69) is 133 Å². The normalized spacial score (nSPS) is 14.2. The highest BCUT2D eigenvalue weighted by atomic mass is 15.2. The molecule has 5 aromatic rings. The molecule has 0 aliphatic carbocycles. The van der Waals surface area contributed by atoms with Crippen molar-refractivity contribution in [2.75, 3.05) is 18.0 Å². The minimum Gasteiger partial charge on any atom is -0.364 e. The van der Waals surface area contributed by atoms with Crippen LogP contribution in [-0.2, 0) is 13.1 Å². The van der Waals surface area contributed by atoms with Crippen molar-refractivity contribution in [3.63, 3.8) is 0 Å². The van der Waals surface area contributed by atoms with Gasteiger partial charge < -0.3 is 4.90 Å². The number of rotatable bonds is 8. The Morgan fingerprint density at radius 3 is 1.64 bits per heavy atom. The van der Waals surface area contributed by atoms with Gasteiger partial charge in [-0.15, -0.1) is 0 Å². The van der Waals surface area contributed by atoms with E-state index in [-0.39, 0.29) is 0 Å². The molecule has 1 aliphatic rings. The molecular weight excluding hydrogens is 512 g/mol. The third kappa shape index (κ3) is 6.78. The van der Waals surface area contributed by atoms with Crippen molar-refractivity contribution in [3.8, 4) is 22.5 Å². The summed E-state index contributed by atoms with van der Waals surface area (Å²) in [5, 5.41) is 0. The lowest BCUT2D eigenvalue weighted by atomic mass is 9.99. The molecule has 0 saturated carbocycles. The van der Waals surface area contributed by atoms with Crippen molar-refractivity contribution in [2.24, 2.45) is 0 Å². The van der Waals surface area contributed by atoms with Gasteiger partial charge in [0.15, 0.2) is 0 Å². The molecule has 212 valence electrons. The van der Waals surface area contributed by atoms with Crippen molar-refractivity contribution in [2.45, 2.75) is 52.7 Å². The van der Waals surface area contributed by atoms with Crippen molar-refractivity contribution in [1.82, 2.24) is 14.9 Å². The molecule has 3 aromatic carbocycles. The van der Waals surface area contributed by atoms with Crippen molar-refractivity contribution >= 4 is 5.69 Å². The van der Waals surface area contributed by atoms with Crippen LogP contribution in [0, 0.1) is 20.8 Å². The molecule has 4 nitrogen and oxygen atoms in total.